The summed E-state index contributed by atoms with van der Waals surface area (Å²) in [5.41, 5.74) is 1.86. The highest BCUT2D eigenvalue weighted by molar-refractivity contribution is 6.32. The Labute approximate surface area is 98.8 Å². The molecule has 0 radical (unpaired) electrons. The van der Waals surface area contributed by atoms with E-state index < -0.39 is 0 Å². The standard InChI is InChI=1S/C11H12ClN3O/c1-16-6-5-15-8-9(7-14-15)10-3-2-4-13-11(10)12/h2-4,7-8H,5-6H2,1H3. The Morgan fingerprint density at radius 3 is 3.12 bits per heavy atom. The van der Waals surface area contributed by atoms with Crippen molar-refractivity contribution < 1.29 is 4.74 Å². The van der Waals surface area contributed by atoms with E-state index in [4.69, 9.17) is 16.3 Å². The molecule has 2 aromatic heterocycles. The van der Waals surface area contributed by atoms with Crippen molar-refractivity contribution in [3.05, 3.63) is 35.9 Å². The van der Waals surface area contributed by atoms with E-state index in [2.05, 4.69) is 10.1 Å². The van der Waals surface area contributed by atoms with Crippen molar-refractivity contribution in [2.75, 3.05) is 13.7 Å². The lowest BCUT2D eigenvalue weighted by Gasteiger charge is -2.00. The summed E-state index contributed by atoms with van der Waals surface area (Å²) in [4.78, 5) is 4.03. The fourth-order valence-corrected chi connectivity index (χ4v) is 1.64. The van der Waals surface area contributed by atoms with Gasteiger partial charge in [0.2, 0.25) is 0 Å². The molecule has 0 aliphatic carbocycles. The molecule has 5 heteroatoms. The molecule has 2 aromatic rings. The van der Waals surface area contributed by atoms with Gasteiger partial charge in [0.25, 0.3) is 0 Å². The fraction of sp³-hybridized carbons (Fsp3) is 0.273. The van der Waals surface area contributed by atoms with Gasteiger partial charge in [0.05, 0.1) is 19.3 Å². The molecule has 16 heavy (non-hydrogen) atoms. The number of nitrogens with zero attached hydrogens (tertiary/aromatic N) is 3. The third-order valence-corrected chi connectivity index (χ3v) is 2.53. The molecule has 0 aromatic carbocycles. The number of ether oxygens (including phenoxy) is 1. The number of rotatable bonds is 4. The Morgan fingerprint density at radius 1 is 1.50 bits per heavy atom. The van der Waals surface area contributed by atoms with Crippen LogP contribution in [0.5, 0.6) is 0 Å². The summed E-state index contributed by atoms with van der Waals surface area (Å²) >= 11 is 6.00. The number of hydrogen-bond acceptors (Lipinski definition) is 3. The molecule has 0 fully saturated rings. The number of methoxy groups -OCH3 is 1. The Balaban J connectivity index is 2.22. The first-order chi connectivity index (χ1) is 7.81. The van der Waals surface area contributed by atoms with Crippen molar-refractivity contribution in [3.63, 3.8) is 0 Å². The zero-order valence-corrected chi connectivity index (χ0v) is 9.68. The molecular weight excluding hydrogens is 226 g/mol. The molecule has 0 aliphatic rings. The van der Waals surface area contributed by atoms with E-state index in [-0.39, 0.29) is 0 Å². The first-order valence-corrected chi connectivity index (χ1v) is 5.31. The summed E-state index contributed by atoms with van der Waals surface area (Å²) in [5.74, 6) is 0. The van der Waals surface area contributed by atoms with Crippen molar-refractivity contribution in [2.24, 2.45) is 0 Å². The van der Waals surface area contributed by atoms with Gasteiger partial charge in [0.1, 0.15) is 5.15 Å². The van der Waals surface area contributed by atoms with Crippen LogP contribution in [0.15, 0.2) is 30.7 Å². The summed E-state index contributed by atoms with van der Waals surface area (Å²) in [6.45, 7) is 1.37. The zero-order chi connectivity index (χ0) is 11.4. The van der Waals surface area contributed by atoms with Crippen LogP contribution in [-0.2, 0) is 11.3 Å². The molecular formula is C11H12ClN3O. The quantitative estimate of drug-likeness (QED) is 0.766. The molecule has 0 atom stereocenters. The van der Waals surface area contributed by atoms with Crippen LogP contribution in [0, 0.1) is 0 Å². The Bertz CT molecular complexity index is 470. The lowest BCUT2D eigenvalue weighted by atomic mass is 10.2. The van der Waals surface area contributed by atoms with Crippen LogP contribution in [0.3, 0.4) is 0 Å². The summed E-state index contributed by atoms with van der Waals surface area (Å²) < 4.78 is 6.81. The molecule has 0 unspecified atom stereocenters. The van der Waals surface area contributed by atoms with E-state index in [1.807, 2.05) is 23.0 Å². The fourth-order valence-electron chi connectivity index (χ4n) is 1.41. The van der Waals surface area contributed by atoms with Crippen molar-refractivity contribution >= 4 is 11.6 Å². The van der Waals surface area contributed by atoms with E-state index in [9.17, 15) is 0 Å². The smallest absolute Gasteiger partial charge is 0.136 e. The van der Waals surface area contributed by atoms with Crippen LogP contribution in [0.1, 0.15) is 0 Å². The van der Waals surface area contributed by atoms with Crippen LogP contribution in [0.4, 0.5) is 0 Å². The van der Waals surface area contributed by atoms with Gasteiger partial charge in [-0.1, -0.05) is 11.6 Å². The minimum Gasteiger partial charge on any atom is -0.383 e. The molecule has 2 rings (SSSR count). The Morgan fingerprint density at radius 2 is 2.38 bits per heavy atom. The maximum atomic E-state index is 6.00. The zero-order valence-electron chi connectivity index (χ0n) is 8.93. The highest BCUT2D eigenvalue weighted by atomic mass is 35.5. The van der Waals surface area contributed by atoms with Gasteiger partial charge < -0.3 is 4.74 Å². The maximum absolute atomic E-state index is 6.00. The molecule has 0 saturated heterocycles. The Kier molecular flexibility index (Phi) is 3.54. The number of halogens is 1. The van der Waals surface area contributed by atoms with Gasteiger partial charge in [-0.25, -0.2) is 4.98 Å². The molecule has 0 amide bonds. The minimum atomic E-state index is 0.494. The molecule has 0 aliphatic heterocycles. The first-order valence-electron chi connectivity index (χ1n) is 4.93. The van der Waals surface area contributed by atoms with E-state index in [1.165, 1.54) is 0 Å². The average molecular weight is 238 g/mol. The van der Waals surface area contributed by atoms with Crippen molar-refractivity contribution in [1.82, 2.24) is 14.8 Å². The third-order valence-electron chi connectivity index (χ3n) is 2.23. The van der Waals surface area contributed by atoms with Gasteiger partial charge in [-0.2, -0.15) is 5.10 Å². The topological polar surface area (TPSA) is 39.9 Å². The summed E-state index contributed by atoms with van der Waals surface area (Å²) in [5, 5.41) is 4.72. The van der Waals surface area contributed by atoms with Crippen molar-refractivity contribution in [1.29, 1.82) is 0 Å². The first kappa shape index (κ1) is 11.1. The van der Waals surface area contributed by atoms with E-state index >= 15 is 0 Å². The molecule has 0 saturated carbocycles. The Hall–Kier alpha value is -1.39. The van der Waals surface area contributed by atoms with Crippen LogP contribution in [0.2, 0.25) is 5.15 Å². The second-order valence-electron chi connectivity index (χ2n) is 3.33. The van der Waals surface area contributed by atoms with Gasteiger partial charge in [0.15, 0.2) is 0 Å². The molecule has 4 nitrogen and oxygen atoms in total. The van der Waals surface area contributed by atoms with Gasteiger partial charge in [-0.05, 0) is 12.1 Å². The number of aromatic nitrogens is 3. The highest BCUT2D eigenvalue weighted by Gasteiger charge is 2.05. The van der Waals surface area contributed by atoms with Gasteiger partial charge in [-0.15, -0.1) is 0 Å². The van der Waals surface area contributed by atoms with Crippen molar-refractivity contribution in [2.45, 2.75) is 6.54 Å². The van der Waals surface area contributed by atoms with Gasteiger partial charge in [0, 0.05) is 30.6 Å². The highest BCUT2D eigenvalue weighted by Crippen LogP contribution is 2.24. The minimum absolute atomic E-state index is 0.494. The second-order valence-corrected chi connectivity index (χ2v) is 3.68. The molecule has 0 spiro atoms. The third kappa shape index (κ3) is 2.40. The van der Waals surface area contributed by atoms with Crippen LogP contribution in [-0.4, -0.2) is 28.5 Å². The average Bonchev–Trinajstić information content (AvgIpc) is 2.75. The largest absolute Gasteiger partial charge is 0.383 e. The van der Waals surface area contributed by atoms with Crippen LogP contribution in [0.25, 0.3) is 11.1 Å². The van der Waals surface area contributed by atoms with Gasteiger partial charge >= 0.3 is 0 Å². The molecule has 84 valence electrons. The lowest BCUT2D eigenvalue weighted by molar-refractivity contribution is 0.183. The SMILES string of the molecule is COCCn1cc(-c2cccnc2Cl)cn1. The number of hydrogen-bond donors (Lipinski definition) is 0. The predicted octanol–water partition coefficient (Wildman–Crippen LogP) is 2.24. The van der Waals surface area contributed by atoms with Crippen molar-refractivity contribution in [3.8, 4) is 11.1 Å². The van der Waals surface area contributed by atoms with Crippen LogP contribution >= 0.6 is 11.6 Å². The molecule has 0 bridgehead atoms. The van der Waals surface area contributed by atoms with Gasteiger partial charge in [-0.3, -0.25) is 4.68 Å². The lowest BCUT2D eigenvalue weighted by Crippen LogP contribution is -2.03. The molecule has 0 N–H and O–H groups in total. The van der Waals surface area contributed by atoms with E-state index in [0.29, 0.717) is 11.8 Å². The molecule has 2 heterocycles. The number of pyridine rings is 1. The maximum Gasteiger partial charge on any atom is 0.136 e. The summed E-state index contributed by atoms with van der Waals surface area (Å²) in [6, 6.07) is 3.78. The van der Waals surface area contributed by atoms with Crippen LogP contribution < -0.4 is 0 Å². The van der Waals surface area contributed by atoms with E-state index in [1.54, 1.807) is 19.5 Å². The monoisotopic (exact) mass is 237 g/mol. The summed E-state index contributed by atoms with van der Waals surface area (Å²) in [7, 11) is 1.67. The normalized spacial score (nSPS) is 10.6. The summed E-state index contributed by atoms with van der Waals surface area (Å²) in [6.07, 6.45) is 5.38. The predicted molar refractivity (Wildman–Crippen MR) is 62.3 cm³/mol. The van der Waals surface area contributed by atoms with E-state index in [0.717, 1.165) is 17.7 Å². The second kappa shape index (κ2) is 5.09.